The molecular formula is C21H16F4N4O. The minimum Gasteiger partial charge on any atom is -0.344 e. The fourth-order valence-corrected chi connectivity index (χ4v) is 3.27. The molecule has 0 fully saturated rings. The molecular weight excluding hydrogens is 400 g/mol. The van der Waals surface area contributed by atoms with Crippen molar-refractivity contribution in [1.29, 1.82) is 0 Å². The molecule has 9 heteroatoms. The molecule has 2 N–H and O–H groups in total. The van der Waals surface area contributed by atoms with Gasteiger partial charge in [0, 0.05) is 36.4 Å². The molecule has 0 bridgehead atoms. The van der Waals surface area contributed by atoms with Crippen LogP contribution in [0.3, 0.4) is 0 Å². The van der Waals surface area contributed by atoms with Gasteiger partial charge in [-0.25, -0.2) is 9.37 Å². The molecule has 30 heavy (non-hydrogen) atoms. The summed E-state index contributed by atoms with van der Waals surface area (Å²) in [7, 11) is 1.47. The number of rotatable bonds is 4. The van der Waals surface area contributed by atoms with Crippen LogP contribution in [0.2, 0.25) is 0 Å². The van der Waals surface area contributed by atoms with E-state index < -0.39 is 17.6 Å². The van der Waals surface area contributed by atoms with Crippen molar-refractivity contribution in [1.82, 2.24) is 4.98 Å². The number of hydrogen-bond donors (Lipinski definition) is 2. The van der Waals surface area contributed by atoms with Gasteiger partial charge in [-0.2, -0.15) is 13.2 Å². The number of pyridine rings is 1. The number of hydrogen-bond acceptors (Lipinski definition) is 4. The molecule has 0 spiro atoms. The number of carbonyl (C=O) groups excluding carboxylic acids is 1. The van der Waals surface area contributed by atoms with Crippen LogP contribution in [0.1, 0.15) is 11.1 Å². The number of aromatic nitrogens is 1. The lowest BCUT2D eigenvalue weighted by molar-refractivity contribution is -0.137. The zero-order valence-corrected chi connectivity index (χ0v) is 15.7. The lowest BCUT2D eigenvalue weighted by Crippen LogP contribution is -2.17. The third-order valence-electron chi connectivity index (χ3n) is 4.77. The van der Waals surface area contributed by atoms with Gasteiger partial charge < -0.3 is 15.5 Å². The average molecular weight is 416 g/mol. The van der Waals surface area contributed by atoms with Crippen LogP contribution in [-0.4, -0.2) is 17.9 Å². The van der Waals surface area contributed by atoms with Gasteiger partial charge in [-0.15, -0.1) is 0 Å². The SMILES string of the molecule is CN(c1ccc(F)cc1)c1cc(Nc2ccc3c(c2)CC(=O)N3)ncc1C(F)(F)F. The molecule has 0 saturated carbocycles. The van der Waals surface area contributed by atoms with Gasteiger partial charge in [0.05, 0.1) is 17.7 Å². The topological polar surface area (TPSA) is 57.3 Å². The molecule has 1 aliphatic heterocycles. The Hall–Kier alpha value is -3.62. The first kappa shape index (κ1) is 19.7. The summed E-state index contributed by atoms with van der Waals surface area (Å²) in [6.45, 7) is 0. The molecule has 1 amide bonds. The number of fused-ring (bicyclic) bond motifs is 1. The molecule has 154 valence electrons. The van der Waals surface area contributed by atoms with E-state index in [0.717, 1.165) is 11.8 Å². The van der Waals surface area contributed by atoms with Crippen LogP contribution < -0.4 is 15.5 Å². The Labute approximate surface area is 169 Å². The van der Waals surface area contributed by atoms with Gasteiger partial charge >= 0.3 is 6.18 Å². The number of amides is 1. The van der Waals surface area contributed by atoms with Gasteiger partial charge in [0.15, 0.2) is 0 Å². The summed E-state index contributed by atoms with van der Waals surface area (Å²) in [4.78, 5) is 16.7. The highest BCUT2D eigenvalue weighted by atomic mass is 19.4. The Balaban J connectivity index is 1.69. The van der Waals surface area contributed by atoms with Gasteiger partial charge in [-0.05, 0) is 48.0 Å². The molecule has 0 radical (unpaired) electrons. The third-order valence-corrected chi connectivity index (χ3v) is 4.77. The zero-order chi connectivity index (χ0) is 21.5. The predicted molar refractivity (Wildman–Crippen MR) is 106 cm³/mol. The first-order valence-electron chi connectivity index (χ1n) is 8.97. The second-order valence-electron chi connectivity index (χ2n) is 6.84. The van der Waals surface area contributed by atoms with Crippen LogP contribution in [0.25, 0.3) is 0 Å². The van der Waals surface area contributed by atoms with Crippen LogP contribution in [0.4, 0.5) is 46.1 Å². The summed E-state index contributed by atoms with van der Waals surface area (Å²) in [5.41, 5.74) is 1.44. The Morgan fingerprint density at radius 2 is 1.83 bits per heavy atom. The second kappa shape index (κ2) is 7.33. The second-order valence-corrected chi connectivity index (χ2v) is 6.84. The van der Waals surface area contributed by atoms with Crippen molar-refractivity contribution < 1.29 is 22.4 Å². The minimum absolute atomic E-state index is 0.113. The average Bonchev–Trinajstić information content (AvgIpc) is 3.06. The smallest absolute Gasteiger partial charge is 0.344 e. The highest BCUT2D eigenvalue weighted by Gasteiger charge is 2.35. The van der Waals surface area contributed by atoms with Gasteiger partial charge in [0.1, 0.15) is 11.6 Å². The van der Waals surface area contributed by atoms with Crippen LogP contribution in [-0.2, 0) is 17.4 Å². The van der Waals surface area contributed by atoms with E-state index in [9.17, 15) is 22.4 Å². The molecule has 1 aliphatic rings. The molecule has 0 unspecified atom stereocenters. The first-order chi connectivity index (χ1) is 14.2. The van der Waals surface area contributed by atoms with Gasteiger partial charge in [-0.3, -0.25) is 4.79 Å². The van der Waals surface area contributed by atoms with E-state index >= 15 is 0 Å². The van der Waals surface area contributed by atoms with Crippen LogP contribution in [0.5, 0.6) is 0 Å². The standard InChI is InChI=1S/C21H16F4N4O/c1-29(15-5-2-13(22)3-6-15)18-10-19(26-11-16(18)21(23,24)25)27-14-4-7-17-12(8-14)9-20(30)28-17/h2-8,10-11H,9H2,1H3,(H,26,27)(H,28,30). The number of anilines is 5. The Kier molecular flexibility index (Phi) is 4.81. The number of nitrogens with zero attached hydrogens (tertiary/aromatic N) is 2. The third kappa shape index (κ3) is 3.91. The molecule has 4 rings (SSSR count). The molecule has 5 nitrogen and oxygen atoms in total. The van der Waals surface area contributed by atoms with Crippen molar-refractivity contribution >= 4 is 34.5 Å². The number of alkyl halides is 3. The van der Waals surface area contributed by atoms with E-state index in [0.29, 0.717) is 17.1 Å². The summed E-state index contributed by atoms with van der Waals surface area (Å²) in [5.74, 6) is -0.396. The summed E-state index contributed by atoms with van der Waals surface area (Å²) in [6.07, 6.45) is -3.62. The predicted octanol–water partition coefficient (Wildman–Crippen LogP) is 5.25. The van der Waals surface area contributed by atoms with E-state index in [1.54, 1.807) is 18.2 Å². The fourth-order valence-electron chi connectivity index (χ4n) is 3.27. The van der Waals surface area contributed by atoms with Gasteiger partial charge in [0.25, 0.3) is 0 Å². The van der Waals surface area contributed by atoms with Gasteiger partial charge in [-0.1, -0.05) is 0 Å². The van der Waals surface area contributed by atoms with Crippen molar-refractivity contribution in [3.05, 3.63) is 71.7 Å². The maximum Gasteiger partial charge on any atom is 0.419 e. The van der Waals surface area contributed by atoms with Crippen molar-refractivity contribution in [2.24, 2.45) is 0 Å². The molecule has 2 heterocycles. The maximum atomic E-state index is 13.5. The molecule has 0 atom stereocenters. The summed E-state index contributed by atoms with van der Waals surface area (Å²) in [5, 5.41) is 5.70. The lowest BCUT2D eigenvalue weighted by Gasteiger charge is -2.24. The fraction of sp³-hybridized carbons (Fsp3) is 0.143. The van der Waals surface area contributed by atoms with Crippen molar-refractivity contribution in [2.75, 3.05) is 22.6 Å². The lowest BCUT2D eigenvalue weighted by atomic mass is 10.1. The van der Waals surface area contributed by atoms with E-state index in [1.807, 2.05) is 0 Å². The highest BCUT2D eigenvalue weighted by molar-refractivity contribution is 5.99. The molecule has 2 aromatic carbocycles. The van der Waals surface area contributed by atoms with E-state index in [4.69, 9.17) is 0 Å². The Morgan fingerprint density at radius 3 is 2.53 bits per heavy atom. The monoisotopic (exact) mass is 416 g/mol. The summed E-state index contributed by atoms with van der Waals surface area (Å²) >= 11 is 0. The number of benzene rings is 2. The van der Waals surface area contributed by atoms with Gasteiger partial charge in [0.2, 0.25) is 5.91 Å². The van der Waals surface area contributed by atoms with E-state index in [1.165, 1.54) is 42.3 Å². The highest BCUT2D eigenvalue weighted by Crippen LogP contribution is 2.39. The molecule has 3 aromatic rings. The van der Waals surface area contributed by atoms with Crippen molar-refractivity contribution in [3.8, 4) is 0 Å². The normalized spacial score (nSPS) is 13.0. The largest absolute Gasteiger partial charge is 0.419 e. The van der Waals surface area contributed by atoms with Crippen molar-refractivity contribution in [2.45, 2.75) is 12.6 Å². The maximum absolute atomic E-state index is 13.5. The number of nitrogens with one attached hydrogen (secondary N) is 2. The number of halogens is 4. The van der Waals surface area contributed by atoms with Crippen LogP contribution in [0.15, 0.2) is 54.7 Å². The molecule has 1 aromatic heterocycles. The Bertz CT molecular complexity index is 1110. The minimum atomic E-state index is -4.62. The van der Waals surface area contributed by atoms with Crippen LogP contribution >= 0.6 is 0 Å². The first-order valence-corrected chi connectivity index (χ1v) is 8.97. The molecule has 0 aliphatic carbocycles. The zero-order valence-electron chi connectivity index (χ0n) is 15.7. The van der Waals surface area contributed by atoms with E-state index in [2.05, 4.69) is 15.6 Å². The van der Waals surface area contributed by atoms with Crippen molar-refractivity contribution in [3.63, 3.8) is 0 Å². The summed E-state index contributed by atoms with van der Waals surface area (Å²) < 4.78 is 53.8. The van der Waals surface area contributed by atoms with E-state index in [-0.39, 0.29) is 23.8 Å². The Morgan fingerprint density at radius 1 is 1.10 bits per heavy atom. The quantitative estimate of drug-likeness (QED) is 0.571. The number of carbonyl (C=O) groups is 1. The summed E-state index contributed by atoms with van der Waals surface area (Å²) in [6, 6.07) is 11.6. The molecule has 0 saturated heterocycles. The van der Waals surface area contributed by atoms with Crippen LogP contribution in [0, 0.1) is 5.82 Å².